The number of aromatic nitrogens is 1. The Morgan fingerprint density at radius 1 is 1.59 bits per heavy atom. The van der Waals surface area contributed by atoms with Gasteiger partial charge in [-0.2, -0.15) is 0 Å². The molecule has 1 aromatic rings. The van der Waals surface area contributed by atoms with E-state index in [9.17, 15) is 9.00 Å². The van der Waals surface area contributed by atoms with Crippen molar-refractivity contribution in [3.05, 3.63) is 15.5 Å². The van der Waals surface area contributed by atoms with Crippen LogP contribution in [-0.4, -0.2) is 44.1 Å². The largest absolute Gasteiger partial charge is 0.444 e. The van der Waals surface area contributed by atoms with Crippen LogP contribution in [0.25, 0.3) is 0 Å². The molecule has 0 saturated carbocycles. The molecule has 22 heavy (non-hydrogen) atoms. The van der Waals surface area contributed by atoms with Gasteiger partial charge in [-0.25, -0.2) is 9.78 Å². The molecule has 1 saturated heterocycles. The highest BCUT2D eigenvalue weighted by Gasteiger charge is 2.30. The molecule has 2 heterocycles. The molecule has 2 rings (SSSR count). The Hall–Kier alpha value is -0.660. The number of hydrogen-bond acceptors (Lipinski definition) is 5. The molecular formula is C14H21ClN2O3S2. The number of rotatable bonds is 3. The van der Waals surface area contributed by atoms with Crippen LogP contribution in [0, 0.1) is 0 Å². The summed E-state index contributed by atoms with van der Waals surface area (Å²) in [5, 5.41) is -0.0258. The minimum Gasteiger partial charge on any atom is -0.444 e. The van der Waals surface area contributed by atoms with Crippen molar-refractivity contribution in [3.63, 3.8) is 0 Å². The van der Waals surface area contributed by atoms with Crippen LogP contribution in [0.1, 0.15) is 38.5 Å². The highest BCUT2D eigenvalue weighted by molar-refractivity contribution is 7.85. The van der Waals surface area contributed by atoms with Gasteiger partial charge in [-0.15, -0.1) is 11.3 Å². The van der Waals surface area contributed by atoms with Gasteiger partial charge < -0.3 is 9.64 Å². The number of ether oxygens (including phenoxy) is 1. The number of nitrogens with zero attached hydrogens (tertiary/aromatic N) is 2. The minimum absolute atomic E-state index is 0.0258. The highest BCUT2D eigenvalue weighted by atomic mass is 35.5. The number of halogens is 1. The van der Waals surface area contributed by atoms with Crippen molar-refractivity contribution in [1.29, 1.82) is 0 Å². The van der Waals surface area contributed by atoms with Crippen LogP contribution in [0.15, 0.2) is 6.20 Å². The minimum atomic E-state index is -1.04. The summed E-state index contributed by atoms with van der Waals surface area (Å²) < 4.78 is 18.4. The monoisotopic (exact) mass is 364 g/mol. The Labute approximate surface area is 142 Å². The predicted octanol–water partition coefficient (Wildman–Crippen LogP) is 3.44. The SMILES string of the molecule is CC(C)(C)OC(=O)N1CCC[C@@H]([S@](=O)Cc2cnc(Cl)s2)C1. The first-order valence-corrected chi connectivity index (χ1v) is 9.77. The predicted molar refractivity (Wildman–Crippen MR) is 89.8 cm³/mol. The molecule has 0 unspecified atom stereocenters. The number of amides is 1. The van der Waals surface area contributed by atoms with E-state index in [2.05, 4.69) is 4.98 Å². The zero-order valence-corrected chi connectivity index (χ0v) is 15.4. The second-order valence-corrected chi connectivity index (χ2v) is 9.71. The molecule has 1 aromatic heterocycles. The zero-order chi connectivity index (χ0) is 16.3. The summed E-state index contributed by atoms with van der Waals surface area (Å²) >= 11 is 7.15. The van der Waals surface area contributed by atoms with Crippen LogP contribution in [0.2, 0.25) is 4.47 Å². The standard InChI is InChI=1S/C14H21ClN2O3S2/c1-14(2,3)20-13(18)17-6-4-5-11(8-17)22(19)9-10-7-16-12(15)21-10/h7,11H,4-6,8-9H2,1-3H3/t11-,22-/m1/s1. The van der Waals surface area contributed by atoms with Crippen molar-refractivity contribution in [1.82, 2.24) is 9.88 Å². The second kappa shape index (κ2) is 7.27. The summed E-state index contributed by atoms with van der Waals surface area (Å²) in [5.41, 5.74) is -0.511. The van der Waals surface area contributed by atoms with Crippen molar-refractivity contribution in [3.8, 4) is 0 Å². The van der Waals surface area contributed by atoms with Crippen LogP contribution in [0.4, 0.5) is 4.79 Å². The molecule has 0 aromatic carbocycles. The lowest BCUT2D eigenvalue weighted by Gasteiger charge is -2.33. The lowest BCUT2D eigenvalue weighted by atomic mass is 10.1. The number of carbonyl (C=O) groups excluding carboxylic acids is 1. The van der Waals surface area contributed by atoms with Gasteiger partial charge >= 0.3 is 6.09 Å². The molecule has 8 heteroatoms. The van der Waals surface area contributed by atoms with Crippen molar-refractivity contribution < 1.29 is 13.7 Å². The normalized spacial score (nSPS) is 20.7. The van der Waals surface area contributed by atoms with Gasteiger partial charge in [0.15, 0.2) is 4.47 Å². The van der Waals surface area contributed by atoms with Gasteiger partial charge in [0.1, 0.15) is 5.60 Å². The number of thiazole rings is 1. The Bertz CT molecular complexity index is 557. The number of hydrogen-bond donors (Lipinski definition) is 0. The molecule has 124 valence electrons. The average molecular weight is 365 g/mol. The Morgan fingerprint density at radius 3 is 2.91 bits per heavy atom. The number of piperidine rings is 1. The summed E-state index contributed by atoms with van der Waals surface area (Å²) in [6, 6.07) is 0. The van der Waals surface area contributed by atoms with Gasteiger partial charge in [-0.05, 0) is 33.6 Å². The van der Waals surface area contributed by atoms with Crippen molar-refractivity contribution in [2.75, 3.05) is 13.1 Å². The maximum absolute atomic E-state index is 12.5. The van der Waals surface area contributed by atoms with Gasteiger partial charge in [0, 0.05) is 35.0 Å². The Kier molecular flexibility index (Phi) is 5.85. The molecule has 5 nitrogen and oxygen atoms in total. The van der Waals surface area contributed by atoms with E-state index in [0.717, 1.165) is 17.7 Å². The van der Waals surface area contributed by atoms with Gasteiger partial charge in [-0.3, -0.25) is 4.21 Å². The quantitative estimate of drug-likeness (QED) is 0.824. The molecule has 1 aliphatic heterocycles. The van der Waals surface area contributed by atoms with Crippen LogP contribution >= 0.6 is 22.9 Å². The Morgan fingerprint density at radius 2 is 2.32 bits per heavy atom. The topological polar surface area (TPSA) is 59.5 Å². The lowest BCUT2D eigenvalue weighted by molar-refractivity contribution is 0.0219. The molecule has 2 atom stereocenters. The van der Waals surface area contributed by atoms with Crippen LogP contribution < -0.4 is 0 Å². The second-order valence-electron chi connectivity index (χ2n) is 6.30. The molecule has 0 bridgehead atoms. The first-order valence-electron chi connectivity index (χ1n) is 7.20. The number of carbonyl (C=O) groups is 1. The van der Waals surface area contributed by atoms with E-state index in [0.29, 0.717) is 23.3 Å². The third-order valence-corrected chi connectivity index (χ3v) is 6.23. The molecular weight excluding hydrogens is 344 g/mol. The van der Waals surface area contributed by atoms with Crippen LogP contribution in [-0.2, 0) is 21.3 Å². The van der Waals surface area contributed by atoms with E-state index in [1.54, 1.807) is 11.1 Å². The maximum Gasteiger partial charge on any atom is 0.410 e. The van der Waals surface area contributed by atoms with E-state index in [-0.39, 0.29) is 11.3 Å². The third-order valence-electron chi connectivity index (χ3n) is 3.21. The van der Waals surface area contributed by atoms with Crippen molar-refractivity contribution >= 4 is 39.8 Å². The smallest absolute Gasteiger partial charge is 0.410 e. The maximum atomic E-state index is 12.5. The molecule has 0 aliphatic carbocycles. The number of likely N-dealkylation sites (tertiary alicyclic amines) is 1. The average Bonchev–Trinajstić information content (AvgIpc) is 2.82. The summed E-state index contributed by atoms with van der Waals surface area (Å²) in [4.78, 5) is 18.7. The summed E-state index contributed by atoms with van der Waals surface area (Å²) in [6.07, 6.45) is 3.05. The Balaban J connectivity index is 1.92. The van der Waals surface area contributed by atoms with Crippen LogP contribution in [0.3, 0.4) is 0 Å². The van der Waals surface area contributed by atoms with Gasteiger partial charge in [0.05, 0.1) is 11.0 Å². The molecule has 0 N–H and O–H groups in total. The molecule has 0 radical (unpaired) electrons. The fourth-order valence-electron chi connectivity index (χ4n) is 2.25. The van der Waals surface area contributed by atoms with E-state index in [4.69, 9.17) is 16.3 Å². The first kappa shape index (κ1) is 17.7. The summed E-state index contributed by atoms with van der Waals surface area (Å²) in [7, 11) is -1.04. The summed E-state index contributed by atoms with van der Waals surface area (Å²) in [6.45, 7) is 6.68. The van der Waals surface area contributed by atoms with Gasteiger partial charge in [-0.1, -0.05) is 11.6 Å². The van der Waals surface area contributed by atoms with Crippen LogP contribution in [0.5, 0.6) is 0 Å². The van der Waals surface area contributed by atoms with Crippen molar-refractivity contribution in [2.45, 2.75) is 50.2 Å². The molecule has 1 aliphatic rings. The van der Waals surface area contributed by atoms with E-state index < -0.39 is 16.4 Å². The molecule has 0 spiro atoms. The highest BCUT2D eigenvalue weighted by Crippen LogP contribution is 2.23. The third kappa shape index (κ3) is 5.21. The lowest BCUT2D eigenvalue weighted by Crippen LogP contribution is -2.46. The van der Waals surface area contributed by atoms with E-state index in [1.807, 2.05) is 20.8 Å². The van der Waals surface area contributed by atoms with E-state index in [1.165, 1.54) is 11.3 Å². The first-order chi connectivity index (χ1) is 10.2. The fraction of sp³-hybridized carbons (Fsp3) is 0.714. The fourth-order valence-corrected chi connectivity index (χ4v) is 4.98. The van der Waals surface area contributed by atoms with E-state index >= 15 is 0 Å². The molecule has 1 amide bonds. The van der Waals surface area contributed by atoms with Gasteiger partial charge in [0.25, 0.3) is 0 Å². The van der Waals surface area contributed by atoms with Gasteiger partial charge in [0.2, 0.25) is 0 Å². The molecule has 1 fully saturated rings. The zero-order valence-electron chi connectivity index (χ0n) is 13.0. The summed E-state index contributed by atoms with van der Waals surface area (Å²) in [5.74, 6) is 0.442. The van der Waals surface area contributed by atoms with Crippen molar-refractivity contribution in [2.24, 2.45) is 0 Å².